The van der Waals surface area contributed by atoms with Gasteiger partial charge in [-0.25, -0.2) is 0 Å². The van der Waals surface area contributed by atoms with Gasteiger partial charge >= 0.3 is 0 Å². The molecule has 0 aromatic rings. The van der Waals surface area contributed by atoms with Crippen molar-refractivity contribution in [2.45, 2.75) is 45.5 Å². The van der Waals surface area contributed by atoms with Crippen molar-refractivity contribution in [3.63, 3.8) is 0 Å². The predicted molar refractivity (Wildman–Crippen MR) is 56.8 cm³/mol. The van der Waals surface area contributed by atoms with Crippen LogP contribution in [0.3, 0.4) is 0 Å². The van der Waals surface area contributed by atoms with Crippen molar-refractivity contribution in [1.29, 1.82) is 0 Å². The van der Waals surface area contributed by atoms with Crippen LogP contribution in [-0.4, -0.2) is 33.1 Å². The van der Waals surface area contributed by atoms with Gasteiger partial charge in [0.2, 0.25) is 0 Å². The van der Waals surface area contributed by atoms with E-state index in [-0.39, 0.29) is 11.8 Å². The third-order valence-corrected chi connectivity index (χ3v) is 2.70. The maximum Gasteiger partial charge on any atom is 0.109 e. The van der Waals surface area contributed by atoms with Crippen LogP contribution in [0.15, 0.2) is 12.7 Å². The summed E-state index contributed by atoms with van der Waals surface area (Å²) in [7, 11) is 0. The molecule has 0 aliphatic carbocycles. The molecule has 84 valence electrons. The molecule has 3 nitrogen and oxygen atoms in total. The Morgan fingerprint density at radius 2 is 1.64 bits per heavy atom. The molecule has 0 rings (SSSR count). The lowest BCUT2D eigenvalue weighted by Crippen LogP contribution is -2.52. The number of hydrogen-bond donors (Lipinski definition) is 3. The van der Waals surface area contributed by atoms with Gasteiger partial charge in [0.15, 0.2) is 0 Å². The zero-order valence-corrected chi connectivity index (χ0v) is 9.44. The van der Waals surface area contributed by atoms with E-state index in [4.69, 9.17) is 0 Å². The molecule has 0 aromatic heterocycles. The Bertz CT molecular complexity index is 185. The average molecular weight is 202 g/mol. The molecule has 14 heavy (non-hydrogen) atoms. The Balaban J connectivity index is 4.80. The molecular weight excluding hydrogens is 180 g/mol. The molecule has 0 bridgehead atoms. The van der Waals surface area contributed by atoms with Crippen LogP contribution in [-0.2, 0) is 0 Å². The highest BCUT2D eigenvalue weighted by Crippen LogP contribution is 2.30. The van der Waals surface area contributed by atoms with Crippen LogP contribution in [0.4, 0.5) is 0 Å². The zero-order chi connectivity index (χ0) is 11.5. The Morgan fingerprint density at radius 1 is 1.21 bits per heavy atom. The van der Waals surface area contributed by atoms with Gasteiger partial charge in [-0.1, -0.05) is 19.9 Å². The third kappa shape index (κ3) is 2.80. The maximum absolute atomic E-state index is 10.1. The normalized spacial score (nSPS) is 22.6. The summed E-state index contributed by atoms with van der Waals surface area (Å²) in [5.41, 5.74) is -1.34. The van der Waals surface area contributed by atoms with Crippen LogP contribution in [0, 0.1) is 11.8 Å². The largest absolute Gasteiger partial charge is 0.391 e. The highest BCUT2D eigenvalue weighted by molar-refractivity contribution is 5.00. The molecule has 3 N–H and O–H groups in total. The minimum absolute atomic E-state index is 0.163. The maximum atomic E-state index is 10.1. The fourth-order valence-electron chi connectivity index (χ4n) is 1.87. The second kappa shape index (κ2) is 4.91. The van der Waals surface area contributed by atoms with Gasteiger partial charge in [-0.3, -0.25) is 0 Å². The zero-order valence-electron chi connectivity index (χ0n) is 9.44. The van der Waals surface area contributed by atoms with E-state index in [9.17, 15) is 15.3 Å². The topological polar surface area (TPSA) is 60.7 Å². The molecule has 4 unspecified atom stereocenters. The summed E-state index contributed by atoms with van der Waals surface area (Å²) in [5, 5.41) is 29.0. The summed E-state index contributed by atoms with van der Waals surface area (Å²) in [6.07, 6.45) is -0.491. The minimum atomic E-state index is -1.34. The molecule has 0 aliphatic heterocycles. The van der Waals surface area contributed by atoms with E-state index < -0.39 is 17.8 Å². The standard InChI is InChI=1S/C11H22O3/c1-6-9(7(2)3)11(5,14)10(13)8(4)12/h6-10,12-14H,1H2,2-5H3. The van der Waals surface area contributed by atoms with Gasteiger partial charge in [0.05, 0.1) is 11.7 Å². The molecule has 0 fully saturated rings. The Morgan fingerprint density at radius 3 is 1.86 bits per heavy atom. The molecule has 0 spiro atoms. The summed E-state index contributed by atoms with van der Waals surface area (Å²) < 4.78 is 0. The smallest absolute Gasteiger partial charge is 0.109 e. The fourth-order valence-corrected chi connectivity index (χ4v) is 1.87. The van der Waals surface area contributed by atoms with Gasteiger partial charge in [0.25, 0.3) is 0 Å². The molecule has 0 saturated heterocycles. The molecule has 3 heteroatoms. The molecule has 4 atom stereocenters. The van der Waals surface area contributed by atoms with Gasteiger partial charge < -0.3 is 15.3 Å². The van der Waals surface area contributed by atoms with Crippen LogP contribution in [0.2, 0.25) is 0 Å². The Kier molecular flexibility index (Phi) is 4.78. The van der Waals surface area contributed by atoms with Crippen LogP contribution in [0.5, 0.6) is 0 Å². The number of aliphatic hydroxyl groups excluding tert-OH is 2. The van der Waals surface area contributed by atoms with Gasteiger partial charge in [0.1, 0.15) is 6.10 Å². The van der Waals surface area contributed by atoms with E-state index in [1.165, 1.54) is 13.8 Å². The van der Waals surface area contributed by atoms with E-state index in [1.807, 2.05) is 13.8 Å². The Hall–Kier alpha value is -0.380. The molecule has 0 amide bonds. The lowest BCUT2D eigenvalue weighted by molar-refractivity contribution is -0.137. The molecule has 0 aliphatic rings. The second-order valence-electron chi connectivity index (χ2n) is 4.42. The van der Waals surface area contributed by atoms with E-state index >= 15 is 0 Å². The van der Waals surface area contributed by atoms with Gasteiger partial charge in [-0.05, 0) is 19.8 Å². The first-order valence-corrected chi connectivity index (χ1v) is 4.96. The van der Waals surface area contributed by atoms with Crippen LogP contribution in [0.25, 0.3) is 0 Å². The fraction of sp³-hybridized carbons (Fsp3) is 0.818. The first-order valence-electron chi connectivity index (χ1n) is 4.96. The summed E-state index contributed by atoms with van der Waals surface area (Å²) >= 11 is 0. The number of rotatable bonds is 5. The predicted octanol–water partition coefficient (Wildman–Crippen LogP) is 0.937. The van der Waals surface area contributed by atoms with Gasteiger partial charge in [-0.15, -0.1) is 6.58 Å². The van der Waals surface area contributed by atoms with Crippen molar-refractivity contribution in [3.05, 3.63) is 12.7 Å². The monoisotopic (exact) mass is 202 g/mol. The average Bonchev–Trinajstić information content (AvgIpc) is 2.02. The van der Waals surface area contributed by atoms with Crippen molar-refractivity contribution in [3.8, 4) is 0 Å². The SMILES string of the molecule is C=CC(C(C)C)C(C)(O)C(O)C(C)O. The lowest BCUT2D eigenvalue weighted by Gasteiger charge is -2.38. The Labute approximate surface area is 86.1 Å². The van der Waals surface area contributed by atoms with E-state index in [2.05, 4.69) is 6.58 Å². The molecule has 0 aromatic carbocycles. The van der Waals surface area contributed by atoms with Crippen LogP contribution >= 0.6 is 0 Å². The number of hydrogen-bond acceptors (Lipinski definition) is 3. The highest BCUT2D eigenvalue weighted by atomic mass is 16.4. The summed E-state index contributed by atoms with van der Waals surface area (Å²) in [6.45, 7) is 10.5. The van der Waals surface area contributed by atoms with E-state index in [0.717, 1.165) is 0 Å². The summed E-state index contributed by atoms with van der Waals surface area (Å²) in [6, 6.07) is 0. The first-order chi connectivity index (χ1) is 6.25. The van der Waals surface area contributed by atoms with Crippen molar-refractivity contribution >= 4 is 0 Å². The quantitative estimate of drug-likeness (QED) is 0.581. The minimum Gasteiger partial charge on any atom is -0.391 e. The van der Waals surface area contributed by atoms with Gasteiger partial charge in [0, 0.05) is 5.92 Å². The number of aliphatic hydroxyl groups is 3. The van der Waals surface area contributed by atoms with Crippen molar-refractivity contribution in [1.82, 2.24) is 0 Å². The van der Waals surface area contributed by atoms with Crippen molar-refractivity contribution in [2.24, 2.45) is 11.8 Å². The molecular formula is C11H22O3. The van der Waals surface area contributed by atoms with Crippen LogP contribution < -0.4 is 0 Å². The second-order valence-corrected chi connectivity index (χ2v) is 4.42. The van der Waals surface area contributed by atoms with E-state index in [1.54, 1.807) is 6.08 Å². The van der Waals surface area contributed by atoms with Crippen LogP contribution in [0.1, 0.15) is 27.7 Å². The molecule has 0 heterocycles. The van der Waals surface area contributed by atoms with Crippen molar-refractivity contribution < 1.29 is 15.3 Å². The summed E-state index contributed by atoms with van der Waals surface area (Å²) in [4.78, 5) is 0. The molecule has 0 saturated carbocycles. The van der Waals surface area contributed by atoms with Crippen molar-refractivity contribution in [2.75, 3.05) is 0 Å². The third-order valence-electron chi connectivity index (χ3n) is 2.70. The van der Waals surface area contributed by atoms with Gasteiger partial charge in [-0.2, -0.15) is 0 Å². The highest BCUT2D eigenvalue weighted by Gasteiger charge is 2.40. The van der Waals surface area contributed by atoms with E-state index in [0.29, 0.717) is 0 Å². The lowest BCUT2D eigenvalue weighted by atomic mass is 9.76. The summed E-state index contributed by atoms with van der Waals surface area (Å²) in [5.74, 6) is -0.0806. The first kappa shape index (κ1) is 13.6. The molecule has 0 radical (unpaired) electrons.